The summed E-state index contributed by atoms with van der Waals surface area (Å²) in [4.78, 5) is 14.1. The van der Waals surface area contributed by atoms with E-state index < -0.39 is 0 Å². The first-order valence-electron chi connectivity index (χ1n) is 6.02. The highest BCUT2D eigenvalue weighted by molar-refractivity contribution is 5.99. The fourth-order valence-corrected chi connectivity index (χ4v) is 2.20. The number of hydrogen-bond donors (Lipinski definition) is 1. The van der Waals surface area contributed by atoms with E-state index in [4.69, 9.17) is 4.74 Å². The molecule has 0 radical (unpaired) electrons. The molecule has 0 atom stereocenters. The van der Waals surface area contributed by atoms with Crippen molar-refractivity contribution in [1.29, 1.82) is 0 Å². The molecule has 0 spiro atoms. The van der Waals surface area contributed by atoms with E-state index in [1.807, 2.05) is 42.5 Å². The third-order valence-electron chi connectivity index (χ3n) is 3.26. The highest BCUT2D eigenvalue weighted by Gasteiger charge is 2.05. The molecule has 0 aliphatic heterocycles. The Bertz CT molecular complexity index is 726. The summed E-state index contributed by atoms with van der Waals surface area (Å²) in [5.74, 6) is 0.833. The zero-order chi connectivity index (χ0) is 13.2. The fraction of sp³-hybridized carbons (Fsp3) is 0.0625. The standard InChI is InChI=1S/C16H13NO2/c1-19-14-5-2-11(3-6-14)12-4-7-16-15(8-12)13(10-18)9-17-16/h2-10,17H,1H3. The Kier molecular flexibility index (Phi) is 2.80. The van der Waals surface area contributed by atoms with Crippen LogP contribution in [0.5, 0.6) is 5.75 Å². The van der Waals surface area contributed by atoms with Crippen LogP contribution in [-0.4, -0.2) is 18.4 Å². The van der Waals surface area contributed by atoms with Crippen molar-refractivity contribution in [3.8, 4) is 16.9 Å². The van der Waals surface area contributed by atoms with E-state index in [0.29, 0.717) is 5.56 Å². The molecule has 3 aromatic rings. The summed E-state index contributed by atoms with van der Waals surface area (Å²) >= 11 is 0. The number of aromatic nitrogens is 1. The van der Waals surface area contributed by atoms with E-state index >= 15 is 0 Å². The van der Waals surface area contributed by atoms with Crippen molar-refractivity contribution in [2.24, 2.45) is 0 Å². The molecule has 3 heteroatoms. The van der Waals surface area contributed by atoms with Crippen molar-refractivity contribution >= 4 is 17.2 Å². The molecule has 0 fully saturated rings. The van der Waals surface area contributed by atoms with E-state index in [2.05, 4.69) is 4.98 Å². The molecule has 19 heavy (non-hydrogen) atoms. The molecule has 3 nitrogen and oxygen atoms in total. The number of carbonyl (C=O) groups excluding carboxylic acids is 1. The lowest BCUT2D eigenvalue weighted by molar-refractivity contribution is 0.112. The first kappa shape index (κ1) is 11.5. The molecule has 1 N–H and O–H groups in total. The maximum Gasteiger partial charge on any atom is 0.152 e. The van der Waals surface area contributed by atoms with Crippen molar-refractivity contribution in [1.82, 2.24) is 4.98 Å². The van der Waals surface area contributed by atoms with Crippen LogP contribution < -0.4 is 4.74 Å². The average molecular weight is 251 g/mol. The zero-order valence-electron chi connectivity index (χ0n) is 10.5. The first-order valence-corrected chi connectivity index (χ1v) is 6.02. The minimum absolute atomic E-state index is 0.686. The van der Waals surface area contributed by atoms with Gasteiger partial charge in [-0.15, -0.1) is 0 Å². The van der Waals surface area contributed by atoms with Gasteiger partial charge in [0.15, 0.2) is 6.29 Å². The van der Waals surface area contributed by atoms with Gasteiger partial charge in [0.1, 0.15) is 5.75 Å². The van der Waals surface area contributed by atoms with Gasteiger partial charge < -0.3 is 9.72 Å². The summed E-state index contributed by atoms with van der Waals surface area (Å²) < 4.78 is 5.15. The summed E-state index contributed by atoms with van der Waals surface area (Å²) in [7, 11) is 1.65. The third kappa shape index (κ3) is 1.99. The number of fused-ring (bicyclic) bond motifs is 1. The highest BCUT2D eigenvalue weighted by atomic mass is 16.5. The van der Waals surface area contributed by atoms with Gasteiger partial charge in [0, 0.05) is 22.7 Å². The Labute approximate surface area is 110 Å². The molecule has 0 saturated carbocycles. The summed E-state index contributed by atoms with van der Waals surface area (Å²) in [5, 5.41) is 0.948. The minimum Gasteiger partial charge on any atom is -0.497 e. The molecule has 2 aromatic carbocycles. The molecule has 1 aromatic heterocycles. The smallest absolute Gasteiger partial charge is 0.152 e. The third-order valence-corrected chi connectivity index (χ3v) is 3.26. The number of nitrogens with one attached hydrogen (secondary N) is 1. The van der Waals surface area contributed by atoms with Crippen LogP contribution in [0.15, 0.2) is 48.7 Å². The second kappa shape index (κ2) is 4.61. The summed E-state index contributed by atoms with van der Waals surface area (Å²) in [5.41, 5.74) is 3.84. The lowest BCUT2D eigenvalue weighted by Gasteiger charge is -2.04. The van der Waals surface area contributed by atoms with Crippen molar-refractivity contribution in [2.75, 3.05) is 7.11 Å². The Hall–Kier alpha value is -2.55. The Balaban J connectivity index is 2.10. The highest BCUT2D eigenvalue weighted by Crippen LogP contribution is 2.27. The quantitative estimate of drug-likeness (QED) is 0.722. The normalized spacial score (nSPS) is 10.6. The van der Waals surface area contributed by atoms with Crippen LogP contribution in [0.1, 0.15) is 10.4 Å². The number of ether oxygens (including phenoxy) is 1. The molecule has 94 valence electrons. The van der Waals surface area contributed by atoms with Gasteiger partial charge in [-0.3, -0.25) is 4.79 Å². The maximum absolute atomic E-state index is 11.0. The predicted molar refractivity (Wildman–Crippen MR) is 75.7 cm³/mol. The van der Waals surface area contributed by atoms with Gasteiger partial charge in [-0.2, -0.15) is 0 Å². The van der Waals surface area contributed by atoms with Gasteiger partial charge in [0.25, 0.3) is 0 Å². The van der Waals surface area contributed by atoms with Crippen LogP contribution in [0.2, 0.25) is 0 Å². The molecular formula is C16H13NO2. The Morgan fingerprint density at radius 1 is 1.05 bits per heavy atom. The molecule has 0 bridgehead atoms. The summed E-state index contributed by atoms with van der Waals surface area (Å²) in [6, 6.07) is 13.9. The molecule has 0 saturated heterocycles. The van der Waals surface area contributed by atoms with Gasteiger partial charge in [-0.25, -0.2) is 0 Å². The molecule has 0 aliphatic rings. The van der Waals surface area contributed by atoms with Crippen molar-refractivity contribution in [2.45, 2.75) is 0 Å². The van der Waals surface area contributed by atoms with E-state index in [0.717, 1.165) is 34.1 Å². The lowest BCUT2D eigenvalue weighted by atomic mass is 10.0. The molecule has 1 heterocycles. The number of carbonyl (C=O) groups is 1. The Morgan fingerprint density at radius 2 is 1.79 bits per heavy atom. The van der Waals surface area contributed by atoms with E-state index in [1.165, 1.54) is 0 Å². The van der Waals surface area contributed by atoms with Gasteiger partial charge in [-0.05, 0) is 35.4 Å². The Morgan fingerprint density at radius 3 is 2.47 bits per heavy atom. The fourth-order valence-electron chi connectivity index (χ4n) is 2.20. The number of aromatic amines is 1. The molecule has 0 amide bonds. The van der Waals surface area contributed by atoms with Crippen molar-refractivity contribution < 1.29 is 9.53 Å². The van der Waals surface area contributed by atoms with E-state index in [-0.39, 0.29) is 0 Å². The summed E-state index contributed by atoms with van der Waals surface area (Å²) in [6.07, 6.45) is 2.60. The van der Waals surface area contributed by atoms with Gasteiger partial charge >= 0.3 is 0 Å². The van der Waals surface area contributed by atoms with Gasteiger partial charge in [-0.1, -0.05) is 18.2 Å². The van der Waals surface area contributed by atoms with Crippen LogP contribution in [0.3, 0.4) is 0 Å². The average Bonchev–Trinajstić information content (AvgIpc) is 2.89. The van der Waals surface area contributed by atoms with E-state index in [9.17, 15) is 4.79 Å². The molecular weight excluding hydrogens is 238 g/mol. The second-order valence-electron chi connectivity index (χ2n) is 4.35. The molecule has 0 unspecified atom stereocenters. The van der Waals surface area contributed by atoms with Crippen LogP contribution in [-0.2, 0) is 0 Å². The van der Waals surface area contributed by atoms with E-state index in [1.54, 1.807) is 13.3 Å². The first-order chi connectivity index (χ1) is 9.31. The SMILES string of the molecule is COc1ccc(-c2ccc3[nH]cc(C=O)c3c2)cc1. The van der Waals surface area contributed by atoms with Crippen LogP contribution >= 0.6 is 0 Å². The lowest BCUT2D eigenvalue weighted by Crippen LogP contribution is -1.83. The maximum atomic E-state index is 11.0. The van der Waals surface area contributed by atoms with Crippen molar-refractivity contribution in [3.63, 3.8) is 0 Å². The predicted octanol–water partition coefficient (Wildman–Crippen LogP) is 3.66. The number of methoxy groups -OCH3 is 1. The van der Waals surface area contributed by atoms with Gasteiger partial charge in [0.05, 0.1) is 7.11 Å². The number of rotatable bonds is 3. The monoisotopic (exact) mass is 251 g/mol. The number of benzene rings is 2. The summed E-state index contributed by atoms with van der Waals surface area (Å²) in [6.45, 7) is 0. The minimum atomic E-state index is 0.686. The zero-order valence-corrected chi connectivity index (χ0v) is 10.5. The van der Waals surface area contributed by atoms with Crippen LogP contribution in [0, 0.1) is 0 Å². The largest absolute Gasteiger partial charge is 0.497 e. The van der Waals surface area contributed by atoms with Crippen LogP contribution in [0.4, 0.5) is 0 Å². The number of aldehydes is 1. The number of hydrogen-bond acceptors (Lipinski definition) is 2. The number of H-pyrrole nitrogens is 1. The van der Waals surface area contributed by atoms with Gasteiger partial charge in [0.2, 0.25) is 0 Å². The second-order valence-corrected chi connectivity index (χ2v) is 4.35. The van der Waals surface area contributed by atoms with Crippen LogP contribution in [0.25, 0.3) is 22.0 Å². The van der Waals surface area contributed by atoms with Crippen molar-refractivity contribution in [3.05, 3.63) is 54.2 Å². The molecule has 3 rings (SSSR count). The molecule has 0 aliphatic carbocycles. The topological polar surface area (TPSA) is 42.1 Å².